The molecule has 2 heterocycles. The Morgan fingerprint density at radius 1 is 1.15 bits per heavy atom. The lowest BCUT2D eigenvalue weighted by atomic mass is 9.90. The fourth-order valence-electron chi connectivity index (χ4n) is 4.28. The van der Waals surface area contributed by atoms with Gasteiger partial charge >= 0.3 is 6.18 Å². The maximum atomic E-state index is 14.1. The highest BCUT2D eigenvalue weighted by molar-refractivity contribution is 6.03. The van der Waals surface area contributed by atoms with Gasteiger partial charge in [0.1, 0.15) is 23.2 Å². The van der Waals surface area contributed by atoms with Crippen molar-refractivity contribution >= 4 is 11.7 Å². The zero-order valence-electron chi connectivity index (χ0n) is 18.4. The number of halogens is 4. The highest BCUT2D eigenvalue weighted by Gasteiger charge is 2.45. The molecule has 1 amide bonds. The summed E-state index contributed by atoms with van der Waals surface area (Å²) in [4.78, 5) is 27.7. The van der Waals surface area contributed by atoms with Gasteiger partial charge in [-0.2, -0.15) is 13.2 Å². The third-order valence-corrected chi connectivity index (χ3v) is 5.83. The molecule has 0 aliphatic carbocycles. The fourth-order valence-corrected chi connectivity index (χ4v) is 4.28. The number of fused-ring (bicyclic) bond motifs is 1. The molecule has 0 spiro atoms. The first-order chi connectivity index (χ1) is 16.2. The molecular formula is C23H22F4N2O5. The molecule has 1 saturated heterocycles. The minimum Gasteiger partial charge on any atom is -0.493 e. The summed E-state index contributed by atoms with van der Waals surface area (Å²) in [5, 5.41) is 3.11. The maximum Gasteiger partial charge on any atom is 0.420 e. The summed E-state index contributed by atoms with van der Waals surface area (Å²) in [6.45, 7) is 1.97. The molecule has 0 saturated carbocycles. The average Bonchev–Trinajstić information content (AvgIpc) is 2.82. The number of nitrogens with one attached hydrogen (secondary N) is 1. The zero-order chi connectivity index (χ0) is 24.6. The van der Waals surface area contributed by atoms with Crippen molar-refractivity contribution in [2.24, 2.45) is 0 Å². The lowest BCUT2D eigenvalue weighted by Crippen LogP contribution is -2.46. The van der Waals surface area contributed by atoms with Gasteiger partial charge in [-0.1, -0.05) is 6.07 Å². The number of nitrogens with zero attached hydrogens (tertiary/aromatic N) is 1. The number of methoxy groups -OCH3 is 2. The van der Waals surface area contributed by atoms with Crippen molar-refractivity contribution in [3.05, 3.63) is 52.3 Å². The number of amides is 1. The van der Waals surface area contributed by atoms with Gasteiger partial charge < -0.3 is 24.4 Å². The van der Waals surface area contributed by atoms with Crippen LogP contribution in [-0.4, -0.2) is 57.0 Å². The number of hydrogen-bond donors (Lipinski definition) is 1. The first-order valence-corrected chi connectivity index (χ1v) is 10.5. The van der Waals surface area contributed by atoms with Crippen molar-refractivity contribution < 1.29 is 41.4 Å². The summed E-state index contributed by atoms with van der Waals surface area (Å²) in [5.74, 6) is -3.18. The molecule has 4 rings (SSSR count). The smallest absolute Gasteiger partial charge is 0.420 e. The molecule has 34 heavy (non-hydrogen) atoms. The molecule has 0 bridgehead atoms. The van der Waals surface area contributed by atoms with Gasteiger partial charge in [-0.25, -0.2) is 4.39 Å². The summed E-state index contributed by atoms with van der Waals surface area (Å²) in [5.41, 5.74) is -1.74. The van der Waals surface area contributed by atoms with Crippen LogP contribution in [0.25, 0.3) is 0 Å². The van der Waals surface area contributed by atoms with E-state index in [9.17, 15) is 27.2 Å². The Balaban J connectivity index is 1.79. The molecule has 0 aromatic heterocycles. The summed E-state index contributed by atoms with van der Waals surface area (Å²) in [6, 6.07) is 4.63. The van der Waals surface area contributed by atoms with E-state index in [1.165, 1.54) is 6.07 Å². The first-order valence-electron chi connectivity index (χ1n) is 10.5. The number of carbonyl (C=O) groups excluding carboxylic acids is 2. The van der Waals surface area contributed by atoms with E-state index in [0.29, 0.717) is 26.2 Å². The molecule has 11 heteroatoms. The standard InChI is InChI=1S/C23H22F4N2O5/c1-32-18-11-17-19(20(21(18)33-2)23(25,26)27)15(30)10-16(34-17)13-4-3-12(24)9-14(13)22(31)29-7-5-28-6-8-29/h3-4,9,11,16,28H,5-8,10H2,1-2H3. The van der Waals surface area contributed by atoms with Crippen LogP contribution in [0.4, 0.5) is 17.6 Å². The molecule has 2 aromatic carbocycles. The van der Waals surface area contributed by atoms with Crippen LogP contribution >= 0.6 is 0 Å². The number of carbonyl (C=O) groups is 2. The molecular weight excluding hydrogens is 460 g/mol. The van der Waals surface area contributed by atoms with E-state index < -0.39 is 53.1 Å². The first kappa shape index (κ1) is 23.8. The summed E-state index contributed by atoms with van der Waals surface area (Å²) in [6.07, 6.45) is -6.49. The predicted molar refractivity (Wildman–Crippen MR) is 112 cm³/mol. The normalized spacial score (nSPS) is 18.2. The van der Waals surface area contributed by atoms with E-state index in [1.54, 1.807) is 4.90 Å². The average molecular weight is 482 g/mol. The Hall–Kier alpha value is -3.34. The number of rotatable bonds is 4. The van der Waals surface area contributed by atoms with Crippen molar-refractivity contribution in [1.82, 2.24) is 10.2 Å². The summed E-state index contributed by atoms with van der Waals surface area (Å²) >= 11 is 0. The Labute approximate surface area is 192 Å². The summed E-state index contributed by atoms with van der Waals surface area (Å²) in [7, 11) is 2.21. The van der Waals surface area contributed by atoms with Crippen LogP contribution in [-0.2, 0) is 6.18 Å². The van der Waals surface area contributed by atoms with Gasteiger partial charge in [0, 0.05) is 43.4 Å². The highest BCUT2D eigenvalue weighted by Crippen LogP contribution is 2.50. The zero-order valence-corrected chi connectivity index (χ0v) is 18.4. The Bertz CT molecular complexity index is 1130. The largest absolute Gasteiger partial charge is 0.493 e. The third-order valence-electron chi connectivity index (χ3n) is 5.83. The second kappa shape index (κ2) is 9.13. The number of Topliss-reactive ketones (excluding diaryl/α,β-unsaturated/α-hetero) is 1. The van der Waals surface area contributed by atoms with E-state index >= 15 is 0 Å². The minimum atomic E-state index is -4.92. The van der Waals surface area contributed by atoms with Crippen LogP contribution in [0.3, 0.4) is 0 Å². The molecule has 1 atom stereocenters. The minimum absolute atomic E-state index is 0.000304. The number of ether oxygens (including phenoxy) is 3. The number of ketones is 1. The molecule has 2 aromatic rings. The predicted octanol–water partition coefficient (Wildman–Crippen LogP) is 3.61. The molecule has 7 nitrogen and oxygen atoms in total. The number of alkyl halides is 3. The molecule has 2 aliphatic heterocycles. The van der Waals surface area contributed by atoms with Gasteiger partial charge in [-0.05, 0) is 12.1 Å². The van der Waals surface area contributed by atoms with Gasteiger partial charge in [0.05, 0.1) is 26.2 Å². The highest BCUT2D eigenvalue weighted by atomic mass is 19.4. The second-order valence-corrected chi connectivity index (χ2v) is 7.87. The molecule has 1 unspecified atom stereocenters. The van der Waals surface area contributed by atoms with Crippen LogP contribution in [0.2, 0.25) is 0 Å². The van der Waals surface area contributed by atoms with E-state index in [-0.39, 0.29) is 22.6 Å². The number of benzene rings is 2. The monoisotopic (exact) mass is 482 g/mol. The fraction of sp³-hybridized carbons (Fsp3) is 0.391. The Morgan fingerprint density at radius 2 is 1.85 bits per heavy atom. The van der Waals surface area contributed by atoms with E-state index in [2.05, 4.69) is 5.32 Å². The van der Waals surface area contributed by atoms with Crippen LogP contribution in [0.1, 0.15) is 44.4 Å². The van der Waals surface area contributed by atoms with Gasteiger partial charge in [-0.3, -0.25) is 9.59 Å². The van der Waals surface area contributed by atoms with Crippen LogP contribution in [0, 0.1) is 5.82 Å². The third kappa shape index (κ3) is 4.27. The van der Waals surface area contributed by atoms with Gasteiger partial charge in [0.15, 0.2) is 17.3 Å². The quantitative estimate of drug-likeness (QED) is 0.671. The molecule has 182 valence electrons. The van der Waals surface area contributed by atoms with E-state index in [1.807, 2.05) is 0 Å². The number of piperazine rings is 1. The van der Waals surface area contributed by atoms with Crippen molar-refractivity contribution in [2.75, 3.05) is 40.4 Å². The summed E-state index contributed by atoms with van der Waals surface area (Å²) < 4.78 is 71.6. The van der Waals surface area contributed by atoms with E-state index in [0.717, 1.165) is 32.4 Å². The van der Waals surface area contributed by atoms with Crippen LogP contribution in [0.5, 0.6) is 17.2 Å². The number of hydrogen-bond acceptors (Lipinski definition) is 6. The molecule has 0 radical (unpaired) electrons. The Kier molecular flexibility index (Phi) is 6.39. The van der Waals surface area contributed by atoms with Crippen LogP contribution in [0.15, 0.2) is 24.3 Å². The molecule has 1 fully saturated rings. The van der Waals surface area contributed by atoms with E-state index in [4.69, 9.17) is 14.2 Å². The van der Waals surface area contributed by atoms with Crippen molar-refractivity contribution in [3.8, 4) is 17.2 Å². The second-order valence-electron chi connectivity index (χ2n) is 7.87. The van der Waals surface area contributed by atoms with Crippen molar-refractivity contribution in [2.45, 2.75) is 18.7 Å². The van der Waals surface area contributed by atoms with Gasteiger partial charge in [-0.15, -0.1) is 0 Å². The lowest BCUT2D eigenvalue weighted by molar-refractivity contribution is -0.139. The molecule has 1 N–H and O–H groups in total. The molecule has 2 aliphatic rings. The van der Waals surface area contributed by atoms with Crippen LogP contribution < -0.4 is 19.5 Å². The lowest BCUT2D eigenvalue weighted by Gasteiger charge is -2.32. The topological polar surface area (TPSA) is 77.1 Å². The Morgan fingerprint density at radius 3 is 2.47 bits per heavy atom. The van der Waals surface area contributed by atoms with Crippen molar-refractivity contribution in [3.63, 3.8) is 0 Å². The van der Waals surface area contributed by atoms with Crippen molar-refractivity contribution in [1.29, 1.82) is 0 Å². The van der Waals surface area contributed by atoms with Gasteiger partial charge in [0.2, 0.25) is 0 Å². The maximum absolute atomic E-state index is 14.1. The SMILES string of the molecule is COc1cc2c(c(C(F)(F)F)c1OC)C(=O)CC(c1ccc(F)cc1C(=O)N1CCNCC1)O2. The van der Waals surface area contributed by atoms with Gasteiger partial charge in [0.25, 0.3) is 5.91 Å².